The molecule has 0 aliphatic carbocycles. The van der Waals surface area contributed by atoms with Gasteiger partial charge in [0, 0.05) is 42.8 Å². The SMILES string of the molecule is CC(CNC(=NCC(=O)N(C)C)NC1CCOc2ccccc21)Sc1ccccc1.I. The summed E-state index contributed by atoms with van der Waals surface area (Å²) in [5.41, 5.74) is 1.11. The van der Waals surface area contributed by atoms with Crippen molar-refractivity contribution in [2.45, 2.75) is 29.5 Å². The largest absolute Gasteiger partial charge is 0.493 e. The van der Waals surface area contributed by atoms with Gasteiger partial charge in [-0.3, -0.25) is 4.79 Å². The van der Waals surface area contributed by atoms with E-state index in [-0.39, 0.29) is 42.5 Å². The van der Waals surface area contributed by atoms with Gasteiger partial charge in [-0.1, -0.05) is 43.3 Å². The molecule has 2 N–H and O–H groups in total. The fourth-order valence-electron chi connectivity index (χ4n) is 3.11. The Balaban J connectivity index is 0.00000341. The molecule has 168 valence electrons. The van der Waals surface area contributed by atoms with Crippen LogP contribution in [0.1, 0.15) is 24.9 Å². The summed E-state index contributed by atoms with van der Waals surface area (Å²) in [6, 6.07) is 18.5. The van der Waals surface area contributed by atoms with Crippen LogP contribution in [0.25, 0.3) is 0 Å². The Kier molecular flexibility index (Phi) is 10.5. The number of hydrogen-bond donors (Lipinski definition) is 2. The molecular formula is C23H31IN4O2S. The third-order valence-electron chi connectivity index (χ3n) is 4.78. The van der Waals surface area contributed by atoms with E-state index in [0.717, 1.165) is 24.3 Å². The molecule has 2 aromatic carbocycles. The van der Waals surface area contributed by atoms with Crippen LogP contribution in [-0.4, -0.2) is 55.8 Å². The molecule has 0 saturated heterocycles. The van der Waals surface area contributed by atoms with Crippen LogP contribution in [0.15, 0.2) is 64.5 Å². The highest BCUT2D eigenvalue weighted by atomic mass is 127. The molecule has 0 bridgehead atoms. The summed E-state index contributed by atoms with van der Waals surface area (Å²) in [6.07, 6.45) is 0.841. The second kappa shape index (κ2) is 12.8. The van der Waals surface area contributed by atoms with E-state index in [0.29, 0.717) is 17.8 Å². The molecule has 8 heteroatoms. The first-order valence-electron chi connectivity index (χ1n) is 10.2. The van der Waals surface area contributed by atoms with Crippen molar-refractivity contribution in [3.8, 4) is 5.75 Å². The predicted octanol–water partition coefficient (Wildman–Crippen LogP) is 3.93. The van der Waals surface area contributed by atoms with Crippen molar-refractivity contribution in [3.05, 3.63) is 60.2 Å². The highest BCUT2D eigenvalue weighted by Gasteiger charge is 2.22. The zero-order valence-electron chi connectivity index (χ0n) is 18.2. The molecule has 0 fully saturated rings. The van der Waals surface area contributed by atoms with Crippen LogP contribution in [0.4, 0.5) is 0 Å². The Morgan fingerprint density at radius 3 is 2.65 bits per heavy atom. The van der Waals surface area contributed by atoms with Crippen LogP contribution in [0, 0.1) is 0 Å². The second-order valence-electron chi connectivity index (χ2n) is 7.45. The van der Waals surface area contributed by atoms with Crippen molar-refractivity contribution in [1.29, 1.82) is 0 Å². The van der Waals surface area contributed by atoms with E-state index in [1.807, 2.05) is 48.2 Å². The van der Waals surface area contributed by atoms with Gasteiger partial charge in [0.05, 0.1) is 12.6 Å². The highest BCUT2D eigenvalue weighted by molar-refractivity contribution is 14.0. The van der Waals surface area contributed by atoms with Crippen LogP contribution in [0.2, 0.25) is 0 Å². The summed E-state index contributed by atoms with van der Waals surface area (Å²) < 4.78 is 5.77. The van der Waals surface area contributed by atoms with Gasteiger partial charge >= 0.3 is 0 Å². The summed E-state index contributed by atoms with van der Waals surface area (Å²) in [5.74, 6) is 1.51. The van der Waals surface area contributed by atoms with E-state index >= 15 is 0 Å². The average Bonchev–Trinajstić information content (AvgIpc) is 2.76. The fourth-order valence-corrected chi connectivity index (χ4v) is 4.06. The van der Waals surface area contributed by atoms with Crippen molar-refractivity contribution in [2.75, 3.05) is 33.8 Å². The van der Waals surface area contributed by atoms with Crippen molar-refractivity contribution < 1.29 is 9.53 Å². The lowest BCUT2D eigenvalue weighted by molar-refractivity contribution is -0.127. The predicted molar refractivity (Wildman–Crippen MR) is 139 cm³/mol. The number of hydrogen-bond acceptors (Lipinski definition) is 4. The highest BCUT2D eigenvalue weighted by Crippen LogP contribution is 2.31. The summed E-state index contributed by atoms with van der Waals surface area (Å²) in [7, 11) is 3.48. The molecule has 6 nitrogen and oxygen atoms in total. The minimum atomic E-state index is -0.0322. The number of ether oxygens (including phenoxy) is 1. The van der Waals surface area contributed by atoms with Gasteiger partial charge in [0.1, 0.15) is 12.3 Å². The number of thioether (sulfide) groups is 1. The van der Waals surface area contributed by atoms with E-state index in [4.69, 9.17) is 4.74 Å². The number of nitrogens with one attached hydrogen (secondary N) is 2. The fraction of sp³-hybridized carbons (Fsp3) is 0.391. The smallest absolute Gasteiger partial charge is 0.243 e. The molecule has 1 aliphatic rings. The Morgan fingerprint density at radius 2 is 1.90 bits per heavy atom. The molecule has 31 heavy (non-hydrogen) atoms. The van der Waals surface area contributed by atoms with Crippen LogP contribution in [0.5, 0.6) is 5.75 Å². The minimum Gasteiger partial charge on any atom is -0.493 e. The molecule has 0 radical (unpaired) electrons. The van der Waals surface area contributed by atoms with Gasteiger partial charge in [-0.05, 0) is 18.2 Å². The number of para-hydroxylation sites is 1. The van der Waals surface area contributed by atoms with Crippen molar-refractivity contribution in [1.82, 2.24) is 15.5 Å². The zero-order chi connectivity index (χ0) is 21.3. The summed E-state index contributed by atoms with van der Waals surface area (Å²) >= 11 is 1.81. The van der Waals surface area contributed by atoms with Gasteiger partial charge in [0.25, 0.3) is 0 Å². The van der Waals surface area contributed by atoms with Gasteiger partial charge in [0.15, 0.2) is 5.96 Å². The maximum atomic E-state index is 12.1. The van der Waals surface area contributed by atoms with E-state index in [1.54, 1.807) is 19.0 Å². The first-order chi connectivity index (χ1) is 14.5. The first-order valence-corrected chi connectivity index (χ1v) is 11.1. The maximum Gasteiger partial charge on any atom is 0.243 e. The van der Waals surface area contributed by atoms with Crippen LogP contribution in [0.3, 0.4) is 0 Å². The number of nitrogens with zero attached hydrogens (tertiary/aromatic N) is 2. The second-order valence-corrected chi connectivity index (χ2v) is 8.96. The number of amides is 1. The number of guanidine groups is 1. The van der Waals surface area contributed by atoms with Crippen molar-refractivity contribution in [2.24, 2.45) is 4.99 Å². The number of likely N-dealkylation sites (N-methyl/N-ethyl adjacent to an activating group) is 1. The molecule has 3 rings (SSSR count). The zero-order valence-corrected chi connectivity index (χ0v) is 21.4. The van der Waals surface area contributed by atoms with Crippen molar-refractivity contribution >= 4 is 47.6 Å². The number of halogens is 1. The third-order valence-corrected chi connectivity index (χ3v) is 5.89. The topological polar surface area (TPSA) is 66.0 Å². The van der Waals surface area contributed by atoms with Gasteiger partial charge in [0.2, 0.25) is 5.91 Å². The summed E-state index contributed by atoms with van der Waals surface area (Å²) in [6.45, 7) is 3.66. The lowest BCUT2D eigenvalue weighted by atomic mass is 10.0. The lowest BCUT2D eigenvalue weighted by Crippen LogP contribution is -2.43. The number of fused-ring (bicyclic) bond motifs is 1. The minimum absolute atomic E-state index is 0. The Bertz CT molecular complexity index is 864. The molecule has 0 aromatic heterocycles. The standard InChI is InChI=1S/C23H30N4O2S.HI/c1-17(30-18-9-5-4-6-10-18)15-24-23(25-16-22(28)27(2)3)26-20-13-14-29-21-12-8-7-11-19(20)21;/h4-12,17,20H,13-16H2,1-3H3,(H2,24,25,26);1H. The third kappa shape index (κ3) is 7.92. The molecule has 1 amide bonds. The maximum absolute atomic E-state index is 12.1. The monoisotopic (exact) mass is 554 g/mol. The quantitative estimate of drug-likeness (QED) is 0.235. The van der Waals surface area contributed by atoms with Gasteiger partial charge in [-0.15, -0.1) is 35.7 Å². The molecular weight excluding hydrogens is 523 g/mol. The van der Waals surface area contributed by atoms with E-state index in [1.165, 1.54) is 4.90 Å². The first kappa shape index (κ1) is 25.3. The summed E-state index contributed by atoms with van der Waals surface area (Å²) in [4.78, 5) is 19.4. The Morgan fingerprint density at radius 1 is 1.19 bits per heavy atom. The number of rotatable bonds is 7. The molecule has 2 atom stereocenters. The number of aliphatic imine (C=N–C) groups is 1. The van der Waals surface area contributed by atoms with E-state index in [9.17, 15) is 4.79 Å². The van der Waals surface area contributed by atoms with Crippen LogP contribution < -0.4 is 15.4 Å². The molecule has 1 heterocycles. The Hall–Kier alpha value is -1.94. The van der Waals surface area contributed by atoms with Gasteiger partial charge in [-0.25, -0.2) is 4.99 Å². The van der Waals surface area contributed by atoms with Gasteiger partial charge in [-0.2, -0.15) is 0 Å². The van der Waals surface area contributed by atoms with Gasteiger partial charge < -0.3 is 20.3 Å². The number of benzene rings is 2. The van der Waals surface area contributed by atoms with E-state index < -0.39 is 0 Å². The number of carbonyl (C=O) groups is 1. The number of carbonyl (C=O) groups excluding carboxylic acids is 1. The molecule has 0 saturated carbocycles. The summed E-state index contributed by atoms with van der Waals surface area (Å²) in [5, 5.41) is 7.26. The van der Waals surface area contributed by atoms with Crippen LogP contribution in [-0.2, 0) is 4.79 Å². The molecule has 2 aromatic rings. The molecule has 2 unspecified atom stereocenters. The average molecular weight is 554 g/mol. The molecule has 0 spiro atoms. The van der Waals surface area contributed by atoms with E-state index in [2.05, 4.69) is 40.7 Å². The Labute approximate surface area is 206 Å². The van der Waals surface area contributed by atoms with Crippen LogP contribution >= 0.6 is 35.7 Å². The van der Waals surface area contributed by atoms with Crippen molar-refractivity contribution in [3.63, 3.8) is 0 Å². The normalized spacial score (nSPS) is 16.2. The lowest BCUT2D eigenvalue weighted by Gasteiger charge is -2.28. The molecule has 1 aliphatic heterocycles.